The number of alkyl halides is 3. The molecule has 0 unspecified atom stereocenters. The fourth-order valence-corrected chi connectivity index (χ4v) is 2.41. The number of carbonyl (C=O) groups excluding carboxylic acids is 1. The van der Waals surface area contributed by atoms with Crippen LogP contribution < -0.4 is 10.0 Å². The molecule has 0 spiro atoms. The molecule has 128 valence electrons. The number of hydrogen-bond acceptors (Lipinski definition) is 3. The molecular formula is C15H13F3N2O3S. The monoisotopic (exact) mass is 358 g/mol. The molecule has 9 heteroatoms. The highest BCUT2D eigenvalue weighted by Gasteiger charge is 2.30. The molecule has 2 aromatic carbocycles. The fraction of sp³-hybridized carbons (Fsp3) is 0.133. The van der Waals surface area contributed by atoms with Gasteiger partial charge in [-0.05, 0) is 48.5 Å². The summed E-state index contributed by atoms with van der Waals surface area (Å²) in [6.07, 6.45) is -3.45. The lowest BCUT2D eigenvalue weighted by Gasteiger charge is -2.09. The topological polar surface area (TPSA) is 75.3 Å². The average Bonchev–Trinajstić information content (AvgIpc) is 2.47. The van der Waals surface area contributed by atoms with Crippen LogP contribution in [0.25, 0.3) is 0 Å². The van der Waals surface area contributed by atoms with Crippen molar-refractivity contribution in [2.75, 3.05) is 16.3 Å². The molecule has 0 aliphatic rings. The van der Waals surface area contributed by atoms with E-state index in [0.29, 0.717) is 11.4 Å². The quantitative estimate of drug-likeness (QED) is 0.880. The summed E-state index contributed by atoms with van der Waals surface area (Å²) in [5.74, 6) is -0.576. The van der Waals surface area contributed by atoms with Crippen molar-refractivity contribution in [2.45, 2.75) is 6.18 Å². The van der Waals surface area contributed by atoms with Crippen molar-refractivity contribution in [3.8, 4) is 0 Å². The second kappa shape index (κ2) is 6.52. The third-order valence-electron chi connectivity index (χ3n) is 2.92. The maximum absolute atomic E-state index is 12.5. The van der Waals surface area contributed by atoms with Gasteiger partial charge in [-0.1, -0.05) is 0 Å². The summed E-state index contributed by atoms with van der Waals surface area (Å²) in [6.45, 7) is 0. The van der Waals surface area contributed by atoms with Crippen molar-refractivity contribution in [3.63, 3.8) is 0 Å². The SMILES string of the molecule is CS(=O)(=O)Nc1ccc(NC(=O)c2ccc(C(F)(F)F)cc2)cc1. The van der Waals surface area contributed by atoms with Gasteiger partial charge in [-0.3, -0.25) is 9.52 Å². The molecule has 0 heterocycles. The van der Waals surface area contributed by atoms with Gasteiger partial charge in [-0.15, -0.1) is 0 Å². The molecule has 0 fully saturated rings. The summed E-state index contributed by atoms with van der Waals surface area (Å²) >= 11 is 0. The highest BCUT2D eigenvalue weighted by atomic mass is 32.2. The Labute approximate surface area is 136 Å². The lowest BCUT2D eigenvalue weighted by atomic mass is 10.1. The van der Waals surface area contributed by atoms with E-state index in [0.717, 1.165) is 30.5 Å². The normalized spacial score (nSPS) is 11.8. The fourth-order valence-electron chi connectivity index (χ4n) is 1.85. The average molecular weight is 358 g/mol. The van der Waals surface area contributed by atoms with E-state index in [1.165, 1.54) is 24.3 Å². The van der Waals surface area contributed by atoms with Crippen LogP contribution in [-0.4, -0.2) is 20.6 Å². The van der Waals surface area contributed by atoms with Crippen LogP contribution >= 0.6 is 0 Å². The molecule has 0 aliphatic carbocycles. The van der Waals surface area contributed by atoms with Crippen molar-refractivity contribution in [2.24, 2.45) is 0 Å². The lowest BCUT2D eigenvalue weighted by molar-refractivity contribution is -0.137. The van der Waals surface area contributed by atoms with Crippen molar-refractivity contribution >= 4 is 27.3 Å². The predicted molar refractivity (Wildman–Crippen MR) is 84.3 cm³/mol. The van der Waals surface area contributed by atoms with Crippen LogP contribution in [0.3, 0.4) is 0 Å². The molecule has 0 aliphatic heterocycles. The van der Waals surface area contributed by atoms with E-state index < -0.39 is 27.7 Å². The van der Waals surface area contributed by atoms with Crippen LogP contribution in [0.5, 0.6) is 0 Å². The summed E-state index contributed by atoms with van der Waals surface area (Å²) in [6, 6.07) is 9.65. The van der Waals surface area contributed by atoms with Crippen LogP contribution in [-0.2, 0) is 16.2 Å². The number of carbonyl (C=O) groups is 1. The zero-order chi connectivity index (χ0) is 18.0. The molecule has 2 aromatic rings. The third-order valence-corrected chi connectivity index (χ3v) is 3.53. The second-order valence-electron chi connectivity index (χ2n) is 4.98. The van der Waals surface area contributed by atoms with Crippen LogP contribution in [0.2, 0.25) is 0 Å². The number of anilines is 2. The Hall–Kier alpha value is -2.55. The smallest absolute Gasteiger partial charge is 0.322 e. The van der Waals surface area contributed by atoms with Gasteiger partial charge in [0, 0.05) is 16.9 Å². The predicted octanol–water partition coefficient (Wildman–Crippen LogP) is 3.33. The maximum Gasteiger partial charge on any atom is 0.416 e. The molecule has 2 N–H and O–H groups in total. The molecule has 0 bridgehead atoms. The van der Waals surface area contributed by atoms with E-state index in [1.54, 1.807) is 0 Å². The van der Waals surface area contributed by atoms with Gasteiger partial charge in [0.05, 0.1) is 11.8 Å². The van der Waals surface area contributed by atoms with Crippen LogP contribution in [0, 0.1) is 0 Å². The number of halogens is 3. The molecule has 0 radical (unpaired) electrons. The first kappa shape index (κ1) is 17.8. The minimum Gasteiger partial charge on any atom is -0.322 e. The van der Waals surface area contributed by atoms with Crippen molar-refractivity contribution in [1.29, 1.82) is 0 Å². The minimum atomic E-state index is -4.46. The number of amides is 1. The number of hydrogen-bond donors (Lipinski definition) is 2. The van der Waals surface area contributed by atoms with Crippen LogP contribution in [0.4, 0.5) is 24.5 Å². The Morgan fingerprint density at radius 1 is 0.917 bits per heavy atom. The number of nitrogens with one attached hydrogen (secondary N) is 2. The van der Waals surface area contributed by atoms with Crippen molar-refractivity contribution < 1.29 is 26.4 Å². The molecule has 24 heavy (non-hydrogen) atoms. The van der Waals surface area contributed by atoms with Crippen molar-refractivity contribution in [1.82, 2.24) is 0 Å². The van der Waals surface area contributed by atoms with Crippen molar-refractivity contribution in [3.05, 3.63) is 59.7 Å². The highest BCUT2D eigenvalue weighted by Crippen LogP contribution is 2.29. The largest absolute Gasteiger partial charge is 0.416 e. The zero-order valence-corrected chi connectivity index (χ0v) is 13.2. The first-order valence-corrected chi connectivity index (χ1v) is 8.50. The molecule has 2 rings (SSSR count). The molecule has 1 amide bonds. The first-order valence-electron chi connectivity index (χ1n) is 6.61. The van der Waals surface area contributed by atoms with Gasteiger partial charge in [-0.2, -0.15) is 13.2 Å². The van der Waals surface area contributed by atoms with E-state index in [4.69, 9.17) is 0 Å². The second-order valence-corrected chi connectivity index (χ2v) is 6.73. The summed E-state index contributed by atoms with van der Waals surface area (Å²) in [4.78, 5) is 12.0. The van der Waals surface area contributed by atoms with E-state index >= 15 is 0 Å². The summed E-state index contributed by atoms with van der Waals surface area (Å²) in [5.41, 5.74) is -0.0689. The molecular weight excluding hydrogens is 345 g/mol. The molecule has 0 saturated carbocycles. The van der Waals surface area contributed by atoms with Gasteiger partial charge in [0.1, 0.15) is 0 Å². The van der Waals surface area contributed by atoms with Gasteiger partial charge < -0.3 is 5.32 Å². The standard InChI is InChI=1S/C15H13F3N2O3S/c1-24(22,23)20-13-8-6-12(7-9-13)19-14(21)10-2-4-11(5-3-10)15(16,17)18/h2-9,20H,1H3,(H,19,21). The number of rotatable bonds is 4. The molecule has 0 aromatic heterocycles. The Kier molecular flexibility index (Phi) is 4.83. The Bertz CT molecular complexity index is 830. The summed E-state index contributed by atoms with van der Waals surface area (Å²) in [5, 5.41) is 2.51. The summed E-state index contributed by atoms with van der Waals surface area (Å²) in [7, 11) is -3.40. The van der Waals surface area contributed by atoms with Gasteiger partial charge in [0.25, 0.3) is 5.91 Å². The Morgan fingerprint density at radius 2 is 1.42 bits per heavy atom. The van der Waals surface area contributed by atoms with E-state index in [9.17, 15) is 26.4 Å². The molecule has 5 nitrogen and oxygen atoms in total. The first-order chi connectivity index (χ1) is 11.0. The van der Waals surface area contributed by atoms with E-state index in [-0.39, 0.29) is 5.56 Å². The molecule has 0 saturated heterocycles. The van der Waals surface area contributed by atoms with Crippen LogP contribution in [0.15, 0.2) is 48.5 Å². The highest BCUT2D eigenvalue weighted by molar-refractivity contribution is 7.92. The number of benzene rings is 2. The third kappa shape index (κ3) is 4.98. The lowest BCUT2D eigenvalue weighted by Crippen LogP contribution is -2.13. The Balaban J connectivity index is 2.07. The van der Waals surface area contributed by atoms with Gasteiger partial charge in [-0.25, -0.2) is 8.42 Å². The molecule has 0 atom stereocenters. The Morgan fingerprint density at radius 3 is 1.88 bits per heavy atom. The van der Waals surface area contributed by atoms with Gasteiger partial charge in [0.15, 0.2) is 0 Å². The minimum absolute atomic E-state index is 0.0707. The zero-order valence-electron chi connectivity index (χ0n) is 12.4. The van der Waals surface area contributed by atoms with Gasteiger partial charge in [0.2, 0.25) is 10.0 Å². The number of sulfonamides is 1. The summed E-state index contributed by atoms with van der Waals surface area (Å²) < 4.78 is 61.9. The van der Waals surface area contributed by atoms with Gasteiger partial charge >= 0.3 is 6.18 Å². The van der Waals surface area contributed by atoms with E-state index in [2.05, 4.69) is 10.0 Å². The van der Waals surface area contributed by atoms with Crippen LogP contribution in [0.1, 0.15) is 15.9 Å². The van der Waals surface area contributed by atoms with E-state index in [1.807, 2.05) is 0 Å². The maximum atomic E-state index is 12.5.